The van der Waals surface area contributed by atoms with E-state index in [0.29, 0.717) is 5.56 Å². The lowest BCUT2D eigenvalue weighted by Gasteiger charge is -2.05. The molecule has 2 heteroatoms. The number of hydrogen-bond donors (Lipinski definition) is 0. The number of aliphatic imine (C=N–C) groups is 1. The molecular weight excluding hydrogens is 213 g/mol. The molecule has 17 heavy (non-hydrogen) atoms. The van der Waals surface area contributed by atoms with Crippen molar-refractivity contribution in [1.82, 2.24) is 0 Å². The summed E-state index contributed by atoms with van der Waals surface area (Å²) in [7, 11) is 0. The third-order valence-electron chi connectivity index (χ3n) is 2.62. The number of rotatable bonds is 3. The van der Waals surface area contributed by atoms with Crippen LogP contribution in [0.5, 0.6) is 0 Å². The Labute approximate surface area is 101 Å². The molecule has 0 aliphatic heterocycles. The van der Waals surface area contributed by atoms with Crippen LogP contribution >= 0.6 is 0 Å². The number of benzene rings is 2. The minimum Gasteiger partial charge on any atom is -0.285 e. The van der Waals surface area contributed by atoms with Crippen molar-refractivity contribution in [2.75, 3.05) is 0 Å². The first-order valence-electron chi connectivity index (χ1n) is 5.60. The van der Waals surface area contributed by atoms with Gasteiger partial charge in [0.05, 0.1) is 6.04 Å². The van der Waals surface area contributed by atoms with E-state index in [2.05, 4.69) is 4.99 Å². The topological polar surface area (TPSA) is 12.4 Å². The molecular formula is C15H14FN. The maximum Gasteiger partial charge on any atom is 0.131 e. The lowest BCUT2D eigenvalue weighted by atomic mass is 10.1. The molecule has 0 fully saturated rings. The molecule has 0 saturated carbocycles. The molecule has 0 bridgehead atoms. The van der Waals surface area contributed by atoms with Gasteiger partial charge < -0.3 is 0 Å². The highest BCUT2D eigenvalue weighted by molar-refractivity contribution is 5.80. The van der Waals surface area contributed by atoms with Gasteiger partial charge in [-0.25, -0.2) is 4.39 Å². The summed E-state index contributed by atoms with van der Waals surface area (Å²) in [5, 5.41) is 0. The average Bonchev–Trinajstić information content (AvgIpc) is 2.38. The highest BCUT2D eigenvalue weighted by Gasteiger charge is 2.01. The summed E-state index contributed by atoms with van der Waals surface area (Å²) in [4.78, 5) is 4.36. The zero-order valence-electron chi connectivity index (χ0n) is 9.68. The summed E-state index contributed by atoms with van der Waals surface area (Å²) in [6.45, 7) is 1.99. The first-order chi connectivity index (χ1) is 8.27. The molecule has 1 unspecified atom stereocenters. The van der Waals surface area contributed by atoms with E-state index >= 15 is 0 Å². The lowest BCUT2D eigenvalue weighted by Crippen LogP contribution is -1.92. The Kier molecular flexibility index (Phi) is 3.66. The van der Waals surface area contributed by atoms with E-state index in [9.17, 15) is 4.39 Å². The van der Waals surface area contributed by atoms with Crippen molar-refractivity contribution in [3.8, 4) is 0 Å². The fourth-order valence-electron chi connectivity index (χ4n) is 1.59. The Morgan fingerprint density at radius 2 is 1.65 bits per heavy atom. The van der Waals surface area contributed by atoms with Crippen LogP contribution in [0.15, 0.2) is 59.6 Å². The summed E-state index contributed by atoms with van der Waals surface area (Å²) in [5.74, 6) is -0.239. The van der Waals surface area contributed by atoms with Crippen LogP contribution in [0.2, 0.25) is 0 Å². The van der Waals surface area contributed by atoms with Crippen molar-refractivity contribution in [1.29, 1.82) is 0 Å². The molecule has 0 aliphatic rings. The fourth-order valence-corrected chi connectivity index (χ4v) is 1.59. The van der Waals surface area contributed by atoms with Crippen molar-refractivity contribution in [3.05, 3.63) is 71.5 Å². The second-order valence-electron chi connectivity index (χ2n) is 3.89. The van der Waals surface area contributed by atoms with Crippen LogP contribution in [0.25, 0.3) is 0 Å². The van der Waals surface area contributed by atoms with Gasteiger partial charge in [-0.2, -0.15) is 0 Å². The zero-order valence-corrected chi connectivity index (χ0v) is 9.68. The summed E-state index contributed by atoms with van der Waals surface area (Å²) in [5.41, 5.74) is 1.65. The molecule has 2 rings (SSSR count). The molecule has 0 saturated heterocycles. The molecule has 0 aliphatic carbocycles. The quantitative estimate of drug-likeness (QED) is 0.703. The van der Waals surface area contributed by atoms with E-state index in [1.165, 1.54) is 6.07 Å². The molecule has 1 atom stereocenters. The van der Waals surface area contributed by atoms with E-state index < -0.39 is 0 Å². The first kappa shape index (κ1) is 11.5. The largest absolute Gasteiger partial charge is 0.285 e. The molecule has 0 aromatic heterocycles. The van der Waals surface area contributed by atoms with Gasteiger partial charge in [-0.1, -0.05) is 48.5 Å². The highest BCUT2D eigenvalue weighted by atomic mass is 19.1. The normalized spacial score (nSPS) is 12.8. The summed E-state index contributed by atoms with van der Waals surface area (Å²) in [6.07, 6.45) is 1.59. The van der Waals surface area contributed by atoms with Crippen molar-refractivity contribution in [2.45, 2.75) is 13.0 Å². The van der Waals surface area contributed by atoms with Gasteiger partial charge >= 0.3 is 0 Å². The molecule has 0 heterocycles. The van der Waals surface area contributed by atoms with Gasteiger partial charge in [-0.15, -0.1) is 0 Å². The van der Waals surface area contributed by atoms with Crippen molar-refractivity contribution in [2.24, 2.45) is 4.99 Å². The smallest absolute Gasteiger partial charge is 0.131 e. The Morgan fingerprint density at radius 1 is 1.00 bits per heavy atom. The number of halogens is 1. The van der Waals surface area contributed by atoms with Crippen molar-refractivity contribution >= 4 is 6.21 Å². The molecule has 2 aromatic rings. The Bertz CT molecular complexity index is 505. The van der Waals surface area contributed by atoms with Gasteiger partial charge in [-0.05, 0) is 18.6 Å². The average molecular weight is 227 g/mol. The van der Waals surface area contributed by atoms with Crippen LogP contribution < -0.4 is 0 Å². The summed E-state index contributed by atoms with van der Waals surface area (Å²) < 4.78 is 13.4. The van der Waals surface area contributed by atoms with Gasteiger partial charge in [0.15, 0.2) is 0 Å². The standard InChI is InChI=1S/C15H14FN/c1-12(13-7-3-2-4-8-13)17-11-14-9-5-6-10-15(14)16/h2-12H,1H3. The fraction of sp³-hybridized carbons (Fsp3) is 0.133. The molecule has 0 N–H and O–H groups in total. The van der Waals surface area contributed by atoms with Crippen LogP contribution in [0.3, 0.4) is 0 Å². The minimum atomic E-state index is -0.239. The van der Waals surface area contributed by atoms with Crippen LogP contribution in [-0.4, -0.2) is 6.21 Å². The second kappa shape index (κ2) is 5.39. The molecule has 0 radical (unpaired) electrons. The van der Waals surface area contributed by atoms with Gasteiger partial charge in [-0.3, -0.25) is 4.99 Å². The van der Waals surface area contributed by atoms with Crippen LogP contribution in [0.1, 0.15) is 24.1 Å². The van der Waals surface area contributed by atoms with Crippen molar-refractivity contribution < 1.29 is 4.39 Å². The predicted molar refractivity (Wildman–Crippen MR) is 68.9 cm³/mol. The van der Waals surface area contributed by atoms with E-state index in [0.717, 1.165) is 5.56 Å². The van der Waals surface area contributed by atoms with Crippen LogP contribution in [-0.2, 0) is 0 Å². The van der Waals surface area contributed by atoms with Crippen molar-refractivity contribution in [3.63, 3.8) is 0 Å². The van der Waals surface area contributed by atoms with Gasteiger partial charge in [0, 0.05) is 11.8 Å². The molecule has 2 aromatic carbocycles. The van der Waals surface area contributed by atoms with Gasteiger partial charge in [0.2, 0.25) is 0 Å². The predicted octanol–water partition coefficient (Wildman–Crippen LogP) is 4.01. The van der Waals surface area contributed by atoms with Crippen LogP contribution in [0, 0.1) is 5.82 Å². The molecule has 0 spiro atoms. The highest BCUT2D eigenvalue weighted by Crippen LogP contribution is 2.16. The van der Waals surface area contributed by atoms with E-state index in [1.54, 1.807) is 24.4 Å². The summed E-state index contributed by atoms with van der Waals surface area (Å²) in [6, 6.07) is 16.6. The zero-order chi connectivity index (χ0) is 12.1. The molecule has 86 valence electrons. The van der Waals surface area contributed by atoms with E-state index in [4.69, 9.17) is 0 Å². The first-order valence-corrected chi connectivity index (χ1v) is 5.60. The lowest BCUT2D eigenvalue weighted by molar-refractivity contribution is 0.625. The molecule has 1 nitrogen and oxygen atoms in total. The Hall–Kier alpha value is -1.96. The Balaban J connectivity index is 2.14. The number of nitrogens with zero attached hydrogens (tertiary/aromatic N) is 1. The SMILES string of the molecule is CC(N=Cc1ccccc1F)c1ccccc1. The monoisotopic (exact) mass is 227 g/mol. The molecule has 0 amide bonds. The van der Waals surface area contributed by atoms with Crippen LogP contribution in [0.4, 0.5) is 4.39 Å². The van der Waals surface area contributed by atoms with Gasteiger partial charge in [0.25, 0.3) is 0 Å². The minimum absolute atomic E-state index is 0.0378. The summed E-state index contributed by atoms with van der Waals surface area (Å²) >= 11 is 0. The number of hydrogen-bond acceptors (Lipinski definition) is 1. The van der Waals surface area contributed by atoms with E-state index in [-0.39, 0.29) is 11.9 Å². The van der Waals surface area contributed by atoms with Gasteiger partial charge in [0.1, 0.15) is 5.82 Å². The second-order valence-corrected chi connectivity index (χ2v) is 3.89. The third-order valence-corrected chi connectivity index (χ3v) is 2.62. The maximum atomic E-state index is 13.4. The Morgan fingerprint density at radius 3 is 2.35 bits per heavy atom. The van der Waals surface area contributed by atoms with E-state index in [1.807, 2.05) is 37.3 Å². The third kappa shape index (κ3) is 3.00. The maximum absolute atomic E-state index is 13.4.